The van der Waals surface area contributed by atoms with Gasteiger partial charge < -0.3 is 15.0 Å². The number of alkyl halides is 3. The van der Waals surface area contributed by atoms with Gasteiger partial charge in [0.25, 0.3) is 0 Å². The minimum atomic E-state index is -4.75. The molecule has 2 amide bonds. The maximum atomic E-state index is 12.9. The van der Waals surface area contributed by atoms with E-state index in [1.165, 1.54) is 40.8 Å². The number of urea groups is 1. The number of hydrogen-bond donors (Lipinski definition) is 1. The number of aliphatic imine (C=N–C) groups is 1. The van der Waals surface area contributed by atoms with Crippen molar-refractivity contribution in [3.63, 3.8) is 0 Å². The van der Waals surface area contributed by atoms with Crippen LogP contribution in [0.4, 0.5) is 23.7 Å². The number of aryl methyl sites for hydroxylation is 3. The second-order valence-corrected chi connectivity index (χ2v) is 11.1. The zero-order valence-electron chi connectivity index (χ0n) is 23.4. The minimum Gasteiger partial charge on any atom is -0.406 e. The van der Waals surface area contributed by atoms with E-state index in [1.54, 1.807) is 11.8 Å². The van der Waals surface area contributed by atoms with Crippen molar-refractivity contribution in [2.75, 3.05) is 17.2 Å². The van der Waals surface area contributed by atoms with Crippen molar-refractivity contribution in [2.24, 2.45) is 4.99 Å². The van der Waals surface area contributed by atoms with Gasteiger partial charge >= 0.3 is 12.4 Å². The molecule has 1 aliphatic rings. The van der Waals surface area contributed by atoms with E-state index in [0.29, 0.717) is 16.7 Å². The number of carbonyl (C=O) groups excluding carboxylic acids is 1. The summed E-state index contributed by atoms with van der Waals surface area (Å²) >= 11 is 1.57. The van der Waals surface area contributed by atoms with E-state index in [-0.39, 0.29) is 11.8 Å². The predicted molar refractivity (Wildman–Crippen MR) is 158 cm³/mol. The summed E-state index contributed by atoms with van der Waals surface area (Å²) in [5.74, 6) is 0.989. The van der Waals surface area contributed by atoms with Gasteiger partial charge in [0.15, 0.2) is 11.0 Å². The Morgan fingerprint density at radius 3 is 2.36 bits per heavy atom. The Morgan fingerprint density at radius 2 is 1.71 bits per heavy atom. The molecular formula is C30H29F3N6O2S. The summed E-state index contributed by atoms with van der Waals surface area (Å²) in [7, 11) is 0. The number of hydrogen-bond acceptors (Lipinski definition) is 5. The predicted octanol–water partition coefficient (Wildman–Crippen LogP) is 7.14. The average molecular weight is 595 g/mol. The molecule has 0 saturated carbocycles. The highest BCUT2D eigenvalue weighted by Gasteiger charge is 2.31. The topological polar surface area (TPSA) is 84.6 Å². The van der Waals surface area contributed by atoms with Crippen LogP contribution in [0.2, 0.25) is 0 Å². The molecule has 0 spiro atoms. The number of carbonyl (C=O) groups is 1. The number of aromatic nitrogens is 3. The summed E-state index contributed by atoms with van der Waals surface area (Å²) in [4.78, 5) is 23.7. The van der Waals surface area contributed by atoms with Crippen molar-refractivity contribution in [2.45, 2.75) is 40.1 Å². The van der Waals surface area contributed by atoms with Crippen molar-refractivity contribution >= 4 is 28.6 Å². The lowest BCUT2D eigenvalue weighted by molar-refractivity contribution is -0.274. The van der Waals surface area contributed by atoms with E-state index in [0.717, 1.165) is 40.2 Å². The van der Waals surface area contributed by atoms with Gasteiger partial charge in [-0.05, 0) is 68.7 Å². The molecule has 0 aliphatic carbocycles. The van der Waals surface area contributed by atoms with Gasteiger partial charge in [0, 0.05) is 23.5 Å². The average Bonchev–Trinajstić information content (AvgIpc) is 3.58. The van der Waals surface area contributed by atoms with Crippen LogP contribution in [0.15, 0.2) is 72.0 Å². The third kappa shape index (κ3) is 6.76. The molecule has 3 aromatic carbocycles. The standard InChI is InChI=1S/C30H29F3N6O2S/c1-18-15-19(2)26(20(3)16-18)38-13-14-42-29(38)36-28(40)35-21(4)22-5-7-23(8-6-22)27-34-17-39(37-27)24-9-11-25(12-10-24)41-30(31,32)33/h5-12,15-17,21H,13-14H2,1-4H3,(H,35,40)/b36-29-. The highest BCUT2D eigenvalue weighted by Crippen LogP contribution is 2.32. The van der Waals surface area contributed by atoms with E-state index >= 15 is 0 Å². The van der Waals surface area contributed by atoms with Gasteiger partial charge in [-0.3, -0.25) is 0 Å². The number of thioether (sulfide) groups is 1. The van der Waals surface area contributed by atoms with E-state index in [2.05, 4.69) is 62.9 Å². The summed E-state index contributed by atoms with van der Waals surface area (Å²) in [5.41, 5.74) is 6.78. The third-order valence-electron chi connectivity index (χ3n) is 6.72. The summed E-state index contributed by atoms with van der Waals surface area (Å²) in [6.07, 6.45) is -3.27. The number of nitrogens with one attached hydrogen (secondary N) is 1. The van der Waals surface area contributed by atoms with Crippen LogP contribution in [0, 0.1) is 20.8 Å². The summed E-state index contributed by atoms with van der Waals surface area (Å²) in [5, 5.41) is 8.08. The number of ether oxygens (including phenoxy) is 1. The Balaban J connectivity index is 1.23. The van der Waals surface area contributed by atoms with Crippen molar-refractivity contribution in [1.82, 2.24) is 20.1 Å². The number of amidine groups is 1. The molecule has 1 aromatic heterocycles. The summed E-state index contributed by atoms with van der Waals surface area (Å²) < 4.78 is 42.6. The third-order valence-corrected chi connectivity index (χ3v) is 7.67. The van der Waals surface area contributed by atoms with E-state index in [9.17, 15) is 18.0 Å². The molecule has 1 aliphatic heterocycles. The van der Waals surface area contributed by atoms with Gasteiger partial charge in [0.2, 0.25) is 0 Å². The number of anilines is 1. The Kier molecular flexibility index (Phi) is 8.26. The monoisotopic (exact) mass is 594 g/mol. The van der Waals surface area contributed by atoms with E-state index in [1.807, 2.05) is 31.2 Å². The number of benzene rings is 3. The first-order chi connectivity index (χ1) is 20.0. The number of halogens is 3. The van der Waals surface area contributed by atoms with Crippen molar-refractivity contribution < 1.29 is 22.7 Å². The van der Waals surface area contributed by atoms with Crippen LogP contribution in [0.5, 0.6) is 5.75 Å². The molecule has 8 nitrogen and oxygen atoms in total. The van der Waals surface area contributed by atoms with Gasteiger partial charge in [-0.25, -0.2) is 14.5 Å². The molecule has 1 saturated heterocycles. The second kappa shape index (κ2) is 11.9. The van der Waals surface area contributed by atoms with Gasteiger partial charge in [-0.1, -0.05) is 53.7 Å². The molecule has 4 aromatic rings. The molecule has 12 heteroatoms. The number of nitrogens with zero attached hydrogens (tertiary/aromatic N) is 5. The molecule has 0 bridgehead atoms. The quantitative estimate of drug-likeness (QED) is 0.256. The minimum absolute atomic E-state index is 0.290. The molecule has 218 valence electrons. The number of rotatable bonds is 6. The molecule has 5 rings (SSSR count). The fourth-order valence-electron chi connectivity index (χ4n) is 4.93. The lowest BCUT2D eigenvalue weighted by atomic mass is 10.0. The van der Waals surface area contributed by atoms with Crippen LogP contribution in [0.1, 0.15) is 35.2 Å². The maximum Gasteiger partial charge on any atom is 0.573 e. The smallest absolute Gasteiger partial charge is 0.406 e. The van der Waals surface area contributed by atoms with Crippen LogP contribution in [-0.4, -0.2) is 44.6 Å². The lowest BCUT2D eigenvalue weighted by Gasteiger charge is -2.23. The molecule has 1 atom stereocenters. The SMILES string of the molecule is Cc1cc(C)c(N2CCS/C2=N\C(=O)NC(C)c2ccc(-c3ncn(-c4ccc(OC(F)(F)F)cc4)n3)cc2)c(C)c1. The molecular weight excluding hydrogens is 565 g/mol. The lowest BCUT2D eigenvalue weighted by Crippen LogP contribution is -2.29. The van der Waals surface area contributed by atoms with Crippen molar-refractivity contribution in [1.29, 1.82) is 0 Å². The highest BCUT2D eigenvalue weighted by molar-refractivity contribution is 8.14. The fourth-order valence-corrected chi connectivity index (χ4v) is 5.87. The first-order valence-corrected chi connectivity index (χ1v) is 14.2. The maximum absolute atomic E-state index is 12.9. The van der Waals surface area contributed by atoms with Crippen LogP contribution >= 0.6 is 11.8 Å². The van der Waals surface area contributed by atoms with E-state index in [4.69, 9.17) is 0 Å². The fraction of sp³-hybridized carbons (Fsp3) is 0.267. The van der Waals surface area contributed by atoms with Gasteiger partial charge in [0.05, 0.1) is 11.7 Å². The molecule has 2 heterocycles. The Morgan fingerprint density at radius 1 is 1.05 bits per heavy atom. The molecule has 42 heavy (non-hydrogen) atoms. The van der Waals surface area contributed by atoms with Crippen LogP contribution in [-0.2, 0) is 0 Å². The zero-order chi connectivity index (χ0) is 30.0. The Hall–Kier alpha value is -4.32. The van der Waals surface area contributed by atoms with Gasteiger partial charge in [0.1, 0.15) is 12.1 Å². The molecule has 1 N–H and O–H groups in total. The summed E-state index contributed by atoms with van der Waals surface area (Å²) in [6.45, 7) is 8.91. The molecule has 0 radical (unpaired) electrons. The highest BCUT2D eigenvalue weighted by atomic mass is 32.2. The second-order valence-electron chi connectivity index (χ2n) is 9.99. The van der Waals surface area contributed by atoms with Crippen molar-refractivity contribution in [3.8, 4) is 22.8 Å². The molecule has 1 fully saturated rings. The first kappa shape index (κ1) is 29.2. The largest absolute Gasteiger partial charge is 0.573 e. The van der Waals surface area contributed by atoms with Gasteiger partial charge in [-0.15, -0.1) is 18.3 Å². The van der Waals surface area contributed by atoms with E-state index < -0.39 is 12.4 Å². The Bertz CT molecular complexity index is 1590. The Labute approximate surface area is 245 Å². The summed E-state index contributed by atoms with van der Waals surface area (Å²) in [6, 6.07) is 16.4. The van der Waals surface area contributed by atoms with Crippen LogP contribution in [0.3, 0.4) is 0 Å². The zero-order valence-corrected chi connectivity index (χ0v) is 24.3. The van der Waals surface area contributed by atoms with Crippen LogP contribution < -0.4 is 15.0 Å². The van der Waals surface area contributed by atoms with Crippen molar-refractivity contribution in [3.05, 3.63) is 89.2 Å². The van der Waals surface area contributed by atoms with Crippen LogP contribution in [0.25, 0.3) is 17.1 Å². The number of amides is 2. The van der Waals surface area contributed by atoms with Gasteiger partial charge in [-0.2, -0.15) is 4.99 Å². The normalized spacial score (nSPS) is 15.2. The molecule has 1 unspecified atom stereocenters. The first-order valence-electron chi connectivity index (χ1n) is 13.2.